The SMILES string of the molecule is COC(=O)c1ncccc1S(=O)(=O)N[C@@H](CC(C)C)C(=O)O. The van der Waals surface area contributed by atoms with Crippen molar-refractivity contribution < 1.29 is 27.9 Å². The van der Waals surface area contributed by atoms with E-state index >= 15 is 0 Å². The van der Waals surface area contributed by atoms with E-state index in [1.165, 1.54) is 12.3 Å². The third-order valence-electron chi connectivity index (χ3n) is 2.74. The van der Waals surface area contributed by atoms with Gasteiger partial charge < -0.3 is 9.84 Å². The van der Waals surface area contributed by atoms with Crippen molar-refractivity contribution in [2.45, 2.75) is 31.2 Å². The number of rotatable bonds is 7. The molecule has 0 spiro atoms. The van der Waals surface area contributed by atoms with E-state index in [0.29, 0.717) is 0 Å². The summed E-state index contributed by atoms with van der Waals surface area (Å²) >= 11 is 0. The smallest absolute Gasteiger partial charge is 0.358 e. The van der Waals surface area contributed by atoms with Crippen LogP contribution in [0.2, 0.25) is 0 Å². The van der Waals surface area contributed by atoms with Crippen LogP contribution in [0.1, 0.15) is 30.8 Å². The fraction of sp³-hybridized carbons (Fsp3) is 0.462. The summed E-state index contributed by atoms with van der Waals surface area (Å²) in [6, 6.07) is 1.20. The molecule has 0 aliphatic carbocycles. The first-order valence-corrected chi connectivity index (χ1v) is 7.95. The Morgan fingerprint density at radius 1 is 1.41 bits per heavy atom. The number of hydrogen-bond acceptors (Lipinski definition) is 6. The van der Waals surface area contributed by atoms with Gasteiger partial charge in [0.2, 0.25) is 10.0 Å². The molecule has 122 valence electrons. The summed E-state index contributed by atoms with van der Waals surface area (Å²) in [5.74, 6) is -2.24. The molecule has 0 radical (unpaired) electrons. The van der Waals surface area contributed by atoms with Gasteiger partial charge in [0.15, 0.2) is 5.69 Å². The minimum Gasteiger partial charge on any atom is -0.480 e. The normalized spacial score (nSPS) is 12.9. The number of nitrogens with one attached hydrogen (secondary N) is 1. The molecule has 1 aromatic heterocycles. The van der Waals surface area contributed by atoms with Crippen molar-refractivity contribution in [2.24, 2.45) is 5.92 Å². The third kappa shape index (κ3) is 4.50. The van der Waals surface area contributed by atoms with Crippen LogP contribution >= 0.6 is 0 Å². The highest BCUT2D eigenvalue weighted by molar-refractivity contribution is 7.89. The maximum atomic E-state index is 12.3. The van der Waals surface area contributed by atoms with Crippen molar-refractivity contribution in [2.75, 3.05) is 7.11 Å². The molecule has 22 heavy (non-hydrogen) atoms. The third-order valence-corrected chi connectivity index (χ3v) is 4.24. The summed E-state index contributed by atoms with van der Waals surface area (Å²) in [6.07, 6.45) is 1.36. The summed E-state index contributed by atoms with van der Waals surface area (Å²) in [5.41, 5.74) is -0.397. The fourth-order valence-corrected chi connectivity index (χ4v) is 3.13. The van der Waals surface area contributed by atoms with Crippen LogP contribution in [0.15, 0.2) is 23.2 Å². The van der Waals surface area contributed by atoms with Crippen LogP contribution < -0.4 is 4.72 Å². The molecule has 0 aromatic carbocycles. The Morgan fingerprint density at radius 2 is 2.05 bits per heavy atom. The molecule has 0 fully saturated rings. The molecule has 2 N–H and O–H groups in total. The quantitative estimate of drug-likeness (QED) is 0.703. The Balaban J connectivity index is 3.19. The summed E-state index contributed by atoms with van der Waals surface area (Å²) < 4.78 is 31.3. The number of aromatic nitrogens is 1. The predicted molar refractivity (Wildman–Crippen MR) is 76.8 cm³/mol. The number of methoxy groups -OCH3 is 1. The lowest BCUT2D eigenvalue weighted by Crippen LogP contribution is -2.42. The molecular formula is C13H18N2O6S. The number of carboxylic acid groups (broad SMARTS) is 1. The van der Waals surface area contributed by atoms with Crippen molar-refractivity contribution in [1.82, 2.24) is 9.71 Å². The first kappa shape index (κ1) is 18.1. The van der Waals surface area contributed by atoms with Gasteiger partial charge in [-0.05, 0) is 24.5 Å². The highest BCUT2D eigenvalue weighted by Crippen LogP contribution is 2.16. The Kier molecular flexibility index (Phi) is 6.01. The van der Waals surface area contributed by atoms with Gasteiger partial charge in [0, 0.05) is 6.20 Å². The number of ether oxygens (including phenoxy) is 1. The van der Waals surface area contributed by atoms with Gasteiger partial charge in [-0.25, -0.2) is 18.2 Å². The highest BCUT2D eigenvalue weighted by Gasteiger charge is 2.30. The molecule has 0 saturated heterocycles. The van der Waals surface area contributed by atoms with Crippen molar-refractivity contribution >= 4 is 22.0 Å². The van der Waals surface area contributed by atoms with E-state index in [1.807, 2.05) is 0 Å². The first-order chi connectivity index (χ1) is 10.2. The number of pyridine rings is 1. The second kappa shape index (κ2) is 7.32. The van der Waals surface area contributed by atoms with E-state index in [4.69, 9.17) is 5.11 Å². The van der Waals surface area contributed by atoms with Crippen molar-refractivity contribution in [3.05, 3.63) is 24.0 Å². The molecule has 1 heterocycles. The van der Waals surface area contributed by atoms with Gasteiger partial charge in [-0.3, -0.25) is 4.79 Å². The van der Waals surface area contributed by atoms with Gasteiger partial charge in [-0.2, -0.15) is 4.72 Å². The molecule has 8 nitrogen and oxygen atoms in total. The van der Waals surface area contributed by atoms with Crippen molar-refractivity contribution in [1.29, 1.82) is 0 Å². The summed E-state index contributed by atoms with van der Waals surface area (Å²) in [6.45, 7) is 3.54. The Hall–Kier alpha value is -2.00. The maximum Gasteiger partial charge on any atom is 0.358 e. The molecule has 0 saturated carbocycles. The Bertz CT molecular complexity index is 656. The topological polar surface area (TPSA) is 123 Å². The number of nitrogens with zero attached hydrogens (tertiary/aromatic N) is 1. The molecule has 0 aliphatic heterocycles. The minimum absolute atomic E-state index is 0.0298. The average molecular weight is 330 g/mol. The standard InChI is InChI=1S/C13H18N2O6S/c1-8(2)7-9(12(16)17)15-22(19,20)10-5-4-6-14-11(10)13(18)21-3/h4-6,8-9,15H,7H2,1-3H3,(H,16,17)/t9-/m0/s1. The van der Waals surface area contributed by atoms with Gasteiger partial charge >= 0.3 is 11.9 Å². The molecule has 0 amide bonds. The number of carbonyl (C=O) groups is 2. The second-order valence-corrected chi connectivity index (χ2v) is 6.67. The lowest BCUT2D eigenvalue weighted by molar-refractivity contribution is -0.139. The van der Waals surface area contributed by atoms with E-state index in [0.717, 1.165) is 13.2 Å². The van der Waals surface area contributed by atoms with Crippen LogP contribution in [-0.4, -0.2) is 43.6 Å². The van der Waals surface area contributed by atoms with Gasteiger partial charge in [0.25, 0.3) is 0 Å². The molecule has 0 bridgehead atoms. The van der Waals surface area contributed by atoms with Gasteiger partial charge in [0.1, 0.15) is 10.9 Å². The number of sulfonamides is 1. The summed E-state index contributed by atoms with van der Waals surface area (Å²) in [5, 5.41) is 9.12. The van der Waals surface area contributed by atoms with E-state index < -0.39 is 38.6 Å². The molecule has 9 heteroatoms. The summed E-state index contributed by atoms with van der Waals surface area (Å²) in [4.78, 5) is 26.0. The van der Waals surface area contributed by atoms with Gasteiger partial charge in [-0.1, -0.05) is 13.8 Å². The number of aliphatic carboxylic acids is 1. The largest absolute Gasteiger partial charge is 0.480 e. The fourth-order valence-electron chi connectivity index (χ4n) is 1.78. The van der Waals surface area contributed by atoms with Crippen LogP contribution in [0.4, 0.5) is 0 Å². The number of hydrogen-bond donors (Lipinski definition) is 2. The zero-order chi connectivity index (χ0) is 16.9. The zero-order valence-corrected chi connectivity index (χ0v) is 13.3. The Morgan fingerprint density at radius 3 is 2.55 bits per heavy atom. The monoisotopic (exact) mass is 330 g/mol. The lowest BCUT2D eigenvalue weighted by atomic mass is 10.1. The van der Waals surface area contributed by atoms with Gasteiger partial charge in [0.05, 0.1) is 7.11 Å². The van der Waals surface area contributed by atoms with Crippen LogP contribution in [-0.2, 0) is 19.6 Å². The minimum atomic E-state index is -4.23. The van der Waals surface area contributed by atoms with E-state index in [9.17, 15) is 18.0 Å². The number of esters is 1. The van der Waals surface area contributed by atoms with Crippen LogP contribution in [0.3, 0.4) is 0 Å². The molecule has 1 rings (SSSR count). The summed E-state index contributed by atoms with van der Waals surface area (Å²) in [7, 11) is -3.13. The molecular weight excluding hydrogens is 312 g/mol. The zero-order valence-electron chi connectivity index (χ0n) is 12.4. The number of carboxylic acids is 1. The number of carbonyl (C=O) groups excluding carboxylic acids is 1. The molecule has 0 aliphatic rings. The molecule has 0 unspecified atom stereocenters. The van der Waals surface area contributed by atoms with Crippen molar-refractivity contribution in [3.63, 3.8) is 0 Å². The maximum absolute atomic E-state index is 12.3. The van der Waals surface area contributed by atoms with Crippen LogP contribution in [0.25, 0.3) is 0 Å². The highest BCUT2D eigenvalue weighted by atomic mass is 32.2. The lowest BCUT2D eigenvalue weighted by Gasteiger charge is -2.17. The van der Waals surface area contributed by atoms with Gasteiger partial charge in [-0.15, -0.1) is 0 Å². The predicted octanol–water partition coefficient (Wildman–Crippen LogP) is 0.646. The average Bonchev–Trinajstić information content (AvgIpc) is 2.45. The first-order valence-electron chi connectivity index (χ1n) is 6.47. The van der Waals surface area contributed by atoms with Crippen LogP contribution in [0.5, 0.6) is 0 Å². The van der Waals surface area contributed by atoms with E-state index in [-0.39, 0.29) is 12.3 Å². The van der Waals surface area contributed by atoms with Crippen molar-refractivity contribution in [3.8, 4) is 0 Å². The molecule has 1 aromatic rings. The van der Waals surface area contributed by atoms with E-state index in [2.05, 4.69) is 14.4 Å². The van der Waals surface area contributed by atoms with Crippen LogP contribution in [0, 0.1) is 5.92 Å². The Labute approximate surface area is 128 Å². The van der Waals surface area contributed by atoms with E-state index in [1.54, 1.807) is 13.8 Å². The molecule has 1 atom stereocenters. The second-order valence-electron chi connectivity index (χ2n) is 4.98.